The first-order valence-corrected chi connectivity index (χ1v) is 8.57. The van der Waals surface area contributed by atoms with Crippen LogP contribution in [-0.4, -0.2) is 21.9 Å². The number of carbonyl (C=O) groups excluding carboxylic acids is 1. The van der Waals surface area contributed by atoms with Crippen LogP contribution in [0.2, 0.25) is 10.0 Å². The van der Waals surface area contributed by atoms with Crippen molar-refractivity contribution in [1.82, 2.24) is 15.2 Å². The van der Waals surface area contributed by atoms with Crippen molar-refractivity contribution in [3.05, 3.63) is 74.9 Å². The van der Waals surface area contributed by atoms with Gasteiger partial charge in [0.25, 0.3) is 0 Å². The second-order valence-electron chi connectivity index (χ2n) is 5.69. The van der Waals surface area contributed by atoms with Crippen LogP contribution in [0.4, 0.5) is 0 Å². The molecule has 0 saturated carbocycles. The number of nitrogens with one attached hydrogen (secondary N) is 1. The lowest BCUT2D eigenvalue weighted by atomic mass is 10.2. The molecule has 0 bridgehead atoms. The molecule has 2 heterocycles. The number of rotatable bonds is 5. The summed E-state index contributed by atoms with van der Waals surface area (Å²) in [7, 11) is 0. The third-order valence-electron chi connectivity index (χ3n) is 3.65. The van der Waals surface area contributed by atoms with Crippen molar-refractivity contribution in [2.24, 2.45) is 5.10 Å². The summed E-state index contributed by atoms with van der Waals surface area (Å²) in [5, 5.41) is 9.04. The van der Waals surface area contributed by atoms with E-state index in [-0.39, 0.29) is 5.76 Å². The minimum atomic E-state index is -0.459. The number of halogens is 2. The Balaban J connectivity index is 1.64. The SMILES string of the molecule is Cc1cc(C)n(Cc2ccc(C(=O)N/N=C\c3cccc(Cl)c3Cl)o2)n1. The fourth-order valence-electron chi connectivity index (χ4n) is 2.40. The lowest BCUT2D eigenvalue weighted by Gasteiger charge is -2.01. The normalized spacial score (nSPS) is 11.2. The first kappa shape index (κ1) is 18.2. The molecule has 0 radical (unpaired) electrons. The predicted molar refractivity (Wildman–Crippen MR) is 101 cm³/mol. The molecule has 0 atom stereocenters. The molecular weight excluding hydrogens is 375 g/mol. The Labute approximate surface area is 160 Å². The second-order valence-corrected chi connectivity index (χ2v) is 6.48. The van der Waals surface area contributed by atoms with E-state index < -0.39 is 5.91 Å². The molecule has 6 nitrogen and oxygen atoms in total. The van der Waals surface area contributed by atoms with E-state index in [2.05, 4.69) is 15.6 Å². The number of carbonyl (C=O) groups is 1. The zero-order chi connectivity index (χ0) is 18.7. The number of hydrogen-bond donors (Lipinski definition) is 1. The summed E-state index contributed by atoms with van der Waals surface area (Å²) in [6.07, 6.45) is 1.42. The zero-order valence-corrected chi connectivity index (χ0v) is 15.7. The third kappa shape index (κ3) is 4.15. The highest BCUT2D eigenvalue weighted by Crippen LogP contribution is 2.24. The van der Waals surface area contributed by atoms with Gasteiger partial charge in [0.1, 0.15) is 5.76 Å². The lowest BCUT2D eigenvalue weighted by Crippen LogP contribution is -2.16. The van der Waals surface area contributed by atoms with Gasteiger partial charge in [-0.25, -0.2) is 5.43 Å². The van der Waals surface area contributed by atoms with Crippen LogP contribution in [0.25, 0.3) is 0 Å². The van der Waals surface area contributed by atoms with Crippen molar-refractivity contribution in [2.75, 3.05) is 0 Å². The largest absolute Gasteiger partial charge is 0.454 e. The first-order chi connectivity index (χ1) is 12.4. The summed E-state index contributed by atoms with van der Waals surface area (Å²) in [5.41, 5.74) is 4.95. The topological polar surface area (TPSA) is 72.4 Å². The molecule has 26 heavy (non-hydrogen) atoms. The van der Waals surface area contributed by atoms with Crippen molar-refractivity contribution >= 4 is 35.3 Å². The van der Waals surface area contributed by atoms with Crippen LogP contribution in [-0.2, 0) is 6.54 Å². The minimum Gasteiger partial charge on any atom is -0.454 e. The maximum atomic E-state index is 12.1. The van der Waals surface area contributed by atoms with Gasteiger partial charge < -0.3 is 4.42 Å². The second kappa shape index (κ2) is 7.76. The number of benzene rings is 1. The Morgan fingerprint density at radius 1 is 1.31 bits per heavy atom. The van der Waals surface area contributed by atoms with Gasteiger partial charge in [-0.15, -0.1) is 0 Å². The summed E-state index contributed by atoms with van der Waals surface area (Å²) in [4.78, 5) is 12.1. The molecule has 8 heteroatoms. The molecule has 2 aromatic heterocycles. The molecular formula is C18H16Cl2N4O2. The molecule has 3 rings (SSSR count). The van der Waals surface area contributed by atoms with Crippen molar-refractivity contribution in [1.29, 1.82) is 0 Å². The smallest absolute Gasteiger partial charge is 0.307 e. The fourth-order valence-corrected chi connectivity index (χ4v) is 2.76. The molecule has 1 aromatic carbocycles. The van der Waals surface area contributed by atoms with Crippen molar-refractivity contribution < 1.29 is 9.21 Å². The van der Waals surface area contributed by atoms with E-state index in [9.17, 15) is 4.79 Å². The standard InChI is InChI=1S/C18H16Cl2N4O2/c1-11-8-12(2)24(23-11)10-14-6-7-16(26-14)18(25)22-21-9-13-4-3-5-15(19)17(13)20/h3-9H,10H2,1-2H3,(H,22,25)/b21-9-. The monoisotopic (exact) mass is 390 g/mol. The summed E-state index contributed by atoms with van der Waals surface area (Å²) >= 11 is 12.0. The number of nitrogens with zero attached hydrogens (tertiary/aromatic N) is 3. The molecule has 0 fully saturated rings. The number of aromatic nitrogens is 2. The van der Waals surface area contributed by atoms with Crippen LogP contribution in [0.3, 0.4) is 0 Å². The number of hydrazone groups is 1. The molecule has 0 aliphatic heterocycles. The number of amides is 1. The van der Waals surface area contributed by atoms with Gasteiger partial charge in [0.2, 0.25) is 0 Å². The molecule has 1 amide bonds. The van der Waals surface area contributed by atoms with Gasteiger partial charge in [-0.05, 0) is 38.1 Å². The van der Waals surface area contributed by atoms with E-state index in [0.29, 0.717) is 27.9 Å². The van der Waals surface area contributed by atoms with Gasteiger partial charge >= 0.3 is 5.91 Å². The maximum absolute atomic E-state index is 12.1. The highest BCUT2D eigenvalue weighted by atomic mass is 35.5. The van der Waals surface area contributed by atoms with Crippen molar-refractivity contribution in [3.63, 3.8) is 0 Å². The average molecular weight is 391 g/mol. The average Bonchev–Trinajstić information content (AvgIpc) is 3.18. The van der Waals surface area contributed by atoms with Gasteiger partial charge in [0, 0.05) is 11.3 Å². The van der Waals surface area contributed by atoms with Gasteiger partial charge in [-0.1, -0.05) is 35.3 Å². The van der Waals surface area contributed by atoms with E-state index in [1.807, 2.05) is 24.6 Å². The molecule has 1 N–H and O–H groups in total. The summed E-state index contributed by atoms with van der Waals surface area (Å²) in [5.74, 6) is 0.332. The van der Waals surface area contributed by atoms with Gasteiger partial charge in [-0.3, -0.25) is 9.48 Å². The van der Waals surface area contributed by atoms with E-state index in [4.69, 9.17) is 27.6 Å². The van der Waals surface area contributed by atoms with E-state index >= 15 is 0 Å². The molecule has 0 spiro atoms. The number of aryl methyl sites for hydroxylation is 2. The minimum absolute atomic E-state index is 0.163. The predicted octanol–water partition coefficient (Wildman–Crippen LogP) is 4.21. The molecule has 3 aromatic rings. The summed E-state index contributed by atoms with van der Waals surface area (Å²) < 4.78 is 7.38. The summed E-state index contributed by atoms with van der Waals surface area (Å²) in [6.45, 7) is 4.34. The summed E-state index contributed by atoms with van der Waals surface area (Å²) in [6, 6.07) is 10.5. The lowest BCUT2D eigenvalue weighted by molar-refractivity contribution is 0.0925. The van der Waals surface area contributed by atoms with E-state index in [0.717, 1.165) is 11.4 Å². The molecule has 0 aliphatic rings. The highest BCUT2D eigenvalue weighted by molar-refractivity contribution is 6.43. The number of hydrogen-bond acceptors (Lipinski definition) is 4. The van der Waals surface area contributed by atoms with Gasteiger partial charge in [-0.2, -0.15) is 10.2 Å². The van der Waals surface area contributed by atoms with Crippen LogP contribution < -0.4 is 5.43 Å². The van der Waals surface area contributed by atoms with Gasteiger partial charge in [0.05, 0.1) is 28.5 Å². The zero-order valence-electron chi connectivity index (χ0n) is 14.2. The third-order valence-corrected chi connectivity index (χ3v) is 4.48. The van der Waals surface area contributed by atoms with Crippen molar-refractivity contribution in [2.45, 2.75) is 20.4 Å². The van der Waals surface area contributed by atoms with Crippen LogP contribution >= 0.6 is 23.2 Å². The molecule has 0 aliphatic carbocycles. The number of furan rings is 1. The van der Waals surface area contributed by atoms with Crippen LogP contribution in [0.15, 0.2) is 45.9 Å². The Morgan fingerprint density at radius 2 is 2.12 bits per heavy atom. The Kier molecular flexibility index (Phi) is 5.44. The molecule has 0 saturated heterocycles. The van der Waals surface area contributed by atoms with Crippen LogP contribution in [0.1, 0.15) is 33.3 Å². The van der Waals surface area contributed by atoms with Crippen LogP contribution in [0.5, 0.6) is 0 Å². The Hall–Kier alpha value is -2.57. The van der Waals surface area contributed by atoms with E-state index in [1.165, 1.54) is 6.21 Å². The molecule has 0 unspecified atom stereocenters. The molecule has 134 valence electrons. The van der Waals surface area contributed by atoms with Gasteiger partial charge in [0.15, 0.2) is 5.76 Å². The quantitative estimate of drug-likeness (QED) is 0.523. The fraction of sp³-hybridized carbons (Fsp3) is 0.167. The Bertz CT molecular complexity index is 975. The van der Waals surface area contributed by atoms with Crippen LogP contribution in [0, 0.1) is 13.8 Å². The first-order valence-electron chi connectivity index (χ1n) is 7.81. The maximum Gasteiger partial charge on any atom is 0.307 e. The van der Waals surface area contributed by atoms with E-state index in [1.54, 1.807) is 30.3 Å². The van der Waals surface area contributed by atoms with Crippen molar-refractivity contribution in [3.8, 4) is 0 Å². The highest BCUT2D eigenvalue weighted by Gasteiger charge is 2.12. The Morgan fingerprint density at radius 3 is 2.85 bits per heavy atom.